The maximum absolute atomic E-state index is 12.7. The van der Waals surface area contributed by atoms with E-state index in [0.717, 1.165) is 11.3 Å². The molecule has 1 fully saturated rings. The van der Waals surface area contributed by atoms with Gasteiger partial charge in [-0.25, -0.2) is 0 Å². The van der Waals surface area contributed by atoms with Gasteiger partial charge < -0.3 is 14.7 Å². The van der Waals surface area contributed by atoms with Gasteiger partial charge >= 0.3 is 5.97 Å². The molecule has 1 aromatic carbocycles. The van der Waals surface area contributed by atoms with Gasteiger partial charge in [0.05, 0.1) is 18.4 Å². The molecular formula is C16H21NO4. The van der Waals surface area contributed by atoms with Crippen molar-refractivity contribution < 1.29 is 19.4 Å². The van der Waals surface area contributed by atoms with Crippen LogP contribution in [0, 0.1) is 5.92 Å². The van der Waals surface area contributed by atoms with E-state index in [1.807, 2.05) is 38.1 Å². The summed E-state index contributed by atoms with van der Waals surface area (Å²) in [5, 5.41) is 9.04. The normalized spacial score (nSPS) is 18.6. The molecule has 114 valence electrons. The van der Waals surface area contributed by atoms with Gasteiger partial charge in [0.15, 0.2) is 0 Å². The summed E-state index contributed by atoms with van der Waals surface area (Å²) in [5.41, 5.74) is 0.215. The SMILES string of the molecule is COc1ccc(C(C)(C)C(=O)N2CCC(C(=O)O)C2)cc1. The van der Waals surface area contributed by atoms with Crippen LogP contribution in [-0.4, -0.2) is 42.1 Å². The molecule has 1 unspecified atom stereocenters. The van der Waals surface area contributed by atoms with E-state index in [1.54, 1.807) is 12.0 Å². The summed E-state index contributed by atoms with van der Waals surface area (Å²) >= 11 is 0. The van der Waals surface area contributed by atoms with Gasteiger partial charge in [0.2, 0.25) is 5.91 Å². The second kappa shape index (κ2) is 5.76. The van der Waals surface area contributed by atoms with Crippen LogP contribution in [0.25, 0.3) is 0 Å². The highest BCUT2D eigenvalue weighted by atomic mass is 16.5. The first-order chi connectivity index (χ1) is 9.86. The predicted molar refractivity (Wildman–Crippen MR) is 78.3 cm³/mol. The van der Waals surface area contributed by atoms with Crippen molar-refractivity contribution in [3.63, 3.8) is 0 Å². The number of hydrogen-bond donors (Lipinski definition) is 1. The first-order valence-corrected chi connectivity index (χ1v) is 7.03. The van der Waals surface area contributed by atoms with Gasteiger partial charge in [0.1, 0.15) is 5.75 Å². The van der Waals surface area contributed by atoms with Crippen LogP contribution in [0.2, 0.25) is 0 Å². The number of carbonyl (C=O) groups excluding carboxylic acids is 1. The molecule has 5 nitrogen and oxygen atoms in total. The Morgan fingerprint density at radius 2 is 1.90 bits per heavy atom. The summed E-state index contributed by atoms with van der Waals surface area (Å²) in [7, 11) is 1.60. The Labute approximate surface area is 124 Å². The molecule has 1 saturated heterocycles. The fourth-order valence-electron chi connectivity index (χ4n) is 2.67. The standard InChI is InChI=1S/C16H21NO4/c1-16(2,12-4-6-13(21-3)7-5-12)15(20)17-9-8-11(10-17)14(18)19/h4-7,11H,8-10H2,1-3H3,(H,18,19). The number of benzene rings is 1. The molecule has 0 radical (unpaired) electrons. The predicted octanol–water partition coefficient (Wildman–Crippen LogP) is 1.91. The Bertz CT molecular complexity index is 536. The summed E-state index contributed by atoms with van der Waals surface area (Å²) in [6, 6.07) is 7.41. The lowest BCUT2D eigenvalue weighted by Crippen LogP contribution is -2.42. The molecule has 1 aliphatic rings. The van der Waals surface area contributed by atoms with Crippen LogP contribution in [0.15, 0.2) is 24.3 Å². The smallest absolute Gasteiger partial charge is 0.308 e. The summed E-state index contributed by atoms with van der Waals surface area (Å²) in [6.07, 6.45) is 0.528. The van der Waals surface area contributed by atoms with Crippen molar-refractivity contribution in [3.05, 3.63) is 29.8 Å². The Kier molecular flexibility index (Phi) is 4.21. The molecule has 0 spiro atoms. The van der Waals surface area contributed by atoms with E-state index in [9.17, 15) is 9.59 Å². The Morgan fingerprint density at radius 1 is 1.29 bits per heavy atom. The fourth-order valence-corrected chi connectivity index (χ4v) is 2.67. The number of hydrogen-bond acceptors (Lipinski definition) is 3. The number of rotatable bonds is 4. The number of carbonyl (C=O) groups is 2. The van der Waals surface area contributed by atoms with Crippen LogP contribution in [0.1, 0.15) is 25.8 Å². The molecular weight excluding hydrogens is 270 g/mol. The molecule has 0 saturated carbocycles. The molecule has 1 aromatic rings. The van der Waals surface area contributed by atoms with Gasteiger partial charge in [-0.15, -0.1) is 0 Å². The van der Waals surface area contributed by atoms with E-state index in [4.69, 9.17) is 9.84 Å². The third kappa shape index (κ3) is 3.01. The average Bonchev–Trinajstić information content (AvgIpc) is 2.96. The molecule has 1 atom stereocenters. The molecule has 5 heteroatoms. The first-order valence-electron chi connectivity index (χ1n) is 7.03. The van der Waals surface area contributed by atoms with E-state index < -0.39 is 17.3 Å². The maximum Gasteiger partial charge on any atom is 0.308 e. The first kappa shape index (κ1) is 15.4. The second-order valence-corrected chi connectivity index (χ2v) is 5.93. The number of ether oxygens (including phenoxy) is 1. The number of aliphatic carboxylic acids is 1. The fraction of sp³-hybridized carbons (Fsp3) is 0.500. The van der Waals surface area contributed by atoms with Gasteiger partial charge in [-0.1, -0.05) is 12.1 Å². The quantitative estimate of drug-likeness (QED) is 0.920. The minimum absolute atomic E-state index is 0.0311. The van der Waals surface area contributed by atoms with Crippen LogP contribution >= 0.6 is 0 Å². The molecule has 21 heavy (non-hydrogen) atoms. The third-order valence-electron chi connectivity index (χ3n) is 4.17. The van der Waals surface area contributed by atoms with E-state index in [2.05, 4.69) is 0 Å². The Hall–Kier alpha value is -2.04. The number of carboxylic acids is 1. The van der Waals surface area contributed by atoms with Gasteiger partial charge in [0, 0.05) is 13.1 Å². The second-order valence-electron chi connectivity index (χ2n) is 5.93. The minimum Gasteiger partial charge on any atom is -0.497 e. The van der Waals surface area contributed by atoms with Gasteiger partial charge in [0.25, 0.3) is 0 Å². The van der Waals surface area contributed by atoms with Crippen molar-refractivity contribution in [1.82, 2.24) is 4.90 Å². The number of amides is 1. The van der Waals surface area contributed by atoms with E-state index >= 15 is 0 Å². The van der Waals surface area contributed by atoms with Crippen molar-refractivity contribution in [1.29, 1.82) is 0 Å². The van der Waals surface area contributed by atoms with Crippen molar-refractivity contribution in [3.8, 4) is 5.75 Å². The van der Waals surface area contributed by atoms with Crippen molar-refractivity contribution in [2.24, 2.45) is 5.92 Å². The lowest BCUT2D eigenvalue weighted by atomic mass is 9.83. The van der Waals surface area contributed by atoms with Crippen molar-refractivity contribution >= 4 is 11.9 Å². The van der Waals surface area contributed by atoms with Gasteiger partial charge in [-0.05, 0) is 38.0 Å². The van der Waals surface area contributed by atoms with E-state index in [-0.39, 0.29) is 5.91 Å². The number of methoxy groups -OCH3 is 1. The summed E-state index contributed by atoms with van der Waals surface area (Å²) < 4.78 is 5.12. The molecule has 0 aliphatic carbocycles. The molecule has 1 amide bonds. The number of nitrogens with zero attached hydrogens (tertiary/aromatic N) is 1. The lowest BCUT2D eigenvalue weighted by Gasteiger charge is -2.29. The van der Waals surface area contributed by atoms with E-state index in [0.29, 0.717) is 19.5 Å². The maximum atomic E-state index is 12.7. The zero-order chi connectivity index (χ0) is 15.6. The monoisotopic (exact) mass is 291 g/mol. The van der Waals surface area contributed by atoms with E-state index in [1.165, 1.54) is 0 Å². The molecule has 1 N–H and O–H groups in total. The molecule has 1 aliphatic heterocycles. The van der Waals surface area contributed by atoms with Crippen LogP contribution in [-0.2, 0) is 15.0 Å². The zero-order valence-corrected chi connectivity index (χ0v) is 12.6. The highest BCUT2D eigenvalue weighted by Crippen LogP contribution is 2.30. The summed E-state index contributed by atoms with van der Waals surface area (Å²) in [4.78, 5) is 25.4. The molecule has 0 bridgehead atoms. The van der Waals surface area contributed by atoms with Crippen LogP contribution in [0.5, 0.6) is 5.75 Å². The summed E-state index contributed by atoms with van der Waals surface area (Å²) in [6.45, 7) is 4.54. The molecule has 0 aromatic heterocycles. The van der Waals surface area contributed by atoms with Crippen LogP contribution < -0.4 is 4.74 Å². The van der Waals surface area contributed by atoms with Gasteiger partial charge in [-0.3, -0.25) is 9.59 Å². The Morgan fingerprint density at radius 3 is 2.38 bits per heavy atom. The number of likely N-dealkylation sites (tertiary alicyclic amines) is 1. The minimum atomic E-state index is -0.826. The molecule has 1 heterocycles. The third-order valence-corrected chi connectivity index (χ3v) is 4.17. The summed E-state index contributed by atoms with van der Waals surface area (Å²) in [5.74, 6) is -0.557. The Balaban J connectivity index is 2.14. The van der Waals surface area contributed by atoms with Crippen LogP contribution in [0.3, 0.4) is 0 Å². The van der Waals surface area contributed by atoms with Crippen molar-refractivity contribution in [2.45, 2.75) is 25.7 Å². The highest BCUT2D eigenvalue weighted by molar-refractivity contribution is 5.88. The molecule has 2 rings (SSSR count). The number of carboxylic acid groups (broad SMARTS) is 1. The highest BCUT2D eigenvalue weighted by Gasteiger charge is 2.38. The largest absolute Gasteiger partial charge is 0.497 e. The van der Waals surface area contributed by atoms with Crippen LogP contribution in [0.4, 0.5) is 0 Å². The average molecular weight is 291 g/mol. The lowest BCUT2D eigenvalue weighted by molar-refractivity contribution is -0.141. The zero-order valence-electron chi connectivity index (χ0n) is 12.6. The van der Waals surface area contributed by atoms with Gasteiger partial charge in [-0.2, -0.15) is 0 Å². The van der Waals surface area contributed by atoms with Crippen molar-refractivity contribution in [2.75, 3.05) is 20.2 Å². The topological polar surface area (TPSA) is 66.8 Å².